The topological polar surface area (TPSA) is 67.4 Å². The van der Waals surface area contributed by atoms with Gasteiger partial charge in [0.15, 0.2) is 17.5 Å². The number of rotatable bonds is 12. The molecule has 0 radical (unpaired) electrons. The quantitative estimate of drug-likeness (QED) is 0.191. The normalized spacial score (nSPS) is 13.8. The summed E-state index contributed by atoms with van der Waals surface area (Å²) in [6.07, 6.45) is 2.30. The molecule has 29 heavy (non-hydrogen) atoms. The highest BCUT2D eigenvalue weighted by atomic mass is 127. The molecular weight excluding hydrogens is 483 g/mol. The molecule has 1 atom stereocenters. The van der Waals surface area contributed by atoms with E-state index in [-0.39, 0.29) is 30.8 Å². The molecule has 0 bridgehead atoms. The van der Waals surface area contributed by atoms with E-state index in [1.807, 2.05) is 18.2 Å². The summed E-state index contributed by atoms with van der Waals surface area (Å²) in [6.45, 7) is 14.3. The Morgan fingerprint density at radius 1 is 1.21 bits per heavy atom. The number of aliphatic imine (C=N–C) groups is 1. The lowest BCUT2D eigenvalue weighted by molar-refractivity contribution is 0.173. The van der Waals surface area contributed by atoms with Crippen molar-refractivity contribution >= 4 is 29.9 Å². The Morgan fingerprint density at radius 2 is 1.97 bits per heavy atom. The average Bonchev–Trinajstić information content (AvgIpc) is 3.16. The van der Waals surface area contributed by atoms with Gasteiger partial charge >= 0.3 is 0 Å². The number of ether oxygens (including phenoxy) is 3. The number of hydrogen-bond acceptors (Lipinski definition) is 5. The Morgan fingerprint density at radius 3 is 2.69 bits per heavy atom. The molecule has 0 spiro atoms. The van der Waals surface area contributed by atoms with Crippen LogP contribution in [0, 0.1) is 0 Å². The van der Waals surface area contributed by atoms with Gasteiger partial charge in [0, 0.05) is 18.7 Å². The highest BCUT2D eigenvalue weighted by Gasteiger charge is 2.13. The fourth-order valence-electron chi connectivity index (χ4n) is 3.07. The maximum Gasteiger partial charge on any atom is 0.231 e. The SMILES string of the molecule is CCNC(=NCCOc1ccc2c(c1)OCO2)NC(C)CCCN(CC)CC.I. The van der Waals surface area contributed by atoms with Crippen LogP contribution in [0.5, 0.6) is 17.2 Å². The molecule has 1 heterocycles. The van der Waals surface area contributed by atoms with E-state index >= 15 is 0 Å². The Hall–Kier alpha value is -1.42. The lowest BCUT2D eigenvalue weighted by Crippen LogP contribution is -2.42. The number of nitrogens with one attached hydrogen (secondary N) is 2. The maximum absolute atomic E-state index is 5.78. The van der Waals surface area contributed by atoms with Crippen LogP contribution in [0.3, 0.4) is 0 Å². The fraction of sp³-hybridized carbons (Fsp3) is 0.667. The van der Waals surface area contributed by atoms with Gasteiger partial charge in [0.1, 0.15) is 12.4 Å². The van der Waals surface area contributed by atoms with Crippen molar-refractivity contribution in [3.05, 3.63) is 18.2 Å². The minimum Gasteiger partial charge on any atom is -0.492 e. The van der Waals surface area contributed by atoms with Gasteiger partial charge in [-0.05, 0) is 58.5 Å². The van der Waals surface area contributed by atoms with Gasteiger partial charge in [-0.15, -0.1) is 24.0 Å². The largest absolute Gasteiger partial charge is 0.492 e. The summed E-state index contributed by atoms with van der Waals surface area (Å²) in [5.74, 6) is 3.10. The van der Waals surface area contributed by atoms with E-state index in [0.29, 0.717) is 19.2 Å². The lowest BCUT2D eigenvalue weighted by atomic mass is 10.2. The Kier molecular flexibility index (Phi) is 12.8. The van der Waals surface area contributed by atoms with Gasteiger partial charge in [0.2, 0.25) is 6.79 Å². The summed E-state index contributed by atoms with van der Waals surface area (Å²) in [4.78, 5) is 7.08. The number of benzene rings is 1. The molecule has 0 aromatic heterocycles. The van der Waals surface area contributed by atoms with Crippen molar-refractivity contribution in [2.24, 2.45) is 4.99 Å². The monoisotopic (exact) mass is 520 g/mol. The van der Waals surface area contributed by atoms with Crippen LogP contribution in [0.4, 0.5) is 0 Å². The minimum absolute atomic E-state index is 0. The molecule has 0 fully saturated rings. The van der Waals surface area contributed by atoms with Crippen LogP contribution in [-0.2, 0) is 0 Å². The van der Waals surface area contributed by atoms with Gasteiger partial charge in [0.05, 0.1) is 6.54 Å². The second-order valence-electron chi connectivity index (χ2n) is 6.84. The van der Waals surface area contributed by atoms with Crippen molar-refractivity contribution in [2.45, 2.75) is 46.6 Å². The van der Waals surface area contributed by atoms with Crippen LogP contribution in [0.25, 0.3) is 0 Å². The van der Waals surface area contributed by atoms with E-state index in [9.17, 15) is 0 Å². The molecule has 166 valence electrons. The second kappa shape index (κ2) is 14.5. The number of halogens is 1. The van der Waals surface area contributed by atoms with Crippen molar-refractivity contribution < 1.29 is 14.2 Å². The predicted octanol–water partition coefficient (Wildman–Crippen LogP) is 3.48. The molecule has 2 N–H and O–H groups in total. The molecule has 1 aliphatic rings. The molecule has 1 aromatic rings. The zero-order valence-corrected chi connectivity index (χ0v) is 20.5. The van der Waals surface area contributed by atoms with Gasteiger partial charge in [-0.1, -0.05) is 13.8 Å². The summed E-state index contributed by atoms with van der Waals surface area (Å²) in [6, 6.07) is 5.99. The number of nitrogens with zero attached hydrogens (tertiary/aromatic N) is 2. The van der Waals surface area contributed by atoms with E-state index in [1.54, 1.807) is 0 Å². The van der Waals surface area contributed by atoms with Crippen molar-refractivity contribution in [1.82, 2.24) is 15.5 Å². The summed E-state index contributed by atoms with van der Waals surface area (Å²) in [7, 11) is 0. The van der Waals surface area contributed by atoms with E-state index in [2.05, 4.69) is 48.2 Å². The number of fused-ring (bicyclic) bond motifs is 1. The smallest absolute Gasteiger partial charge is 0.231 e. The second-order valence-corrected chi connectivity index (χ2v) is 6.84. The third-order valence-electron chi connectivity index (χ3n) is 4.71. The summed E-state index contributed by atoms with van der Waals surface area (Å²) >= 11 is 0. The first-order valence-corrected chi connectivity index (χ1v) is 10.5. The van der Waals surface area contributed by atoms with Gasteiger partial charge in [-0.3, -0.25) is 0 Å². The van der Waals surface area contributed by atoms with E-state index in [0.717, 1.165) is 55.8 Å². The van der Waals surface area contributed by atoms with E-state index < -0.39 is 0 Å². The molecule has 0 amide bonds. The highest BCUT2D eigenvalue weighted by Crippen LogP contribution is 2.34. The summed E-state index contributed by atoms with van der Waals surface area (Å²) in [5, 5.41) is 6.79. The Bertz CT molecular complexity index is 612. The third kappa shape index (κ3) is 9.29. The Balaban J connectivity index is 0.00000420. The first kappa shape index (κ1) is 25.6. The first-order valence-electron chi connectivity index (χ1n) is 10.5. The summed E-state index contributed by atoms with van der Waals surface area (Å²) in [5.41, 5.74) is 0. The van der Waals surface area contributed by atoms with Crippen molar-refractivity contribution in [3.63, 3.8) is 0 Å². The standard InChI is InChI=1S/C21H36N4O3.HI/c1-5-22-21(24-17(4)9-8-13-25(6-2)7-3)23-12-14-26-18-10-11-19-20(15-18)28-16-27-19;/h10-11,15,17H,5-9,12-14,16H2,1-4H3,(H2,22,23,24);1H. The Labute approximate surface area is 192 Å². The van der Waals surface area contributed by atoms with Gasteiger partial charge in [-0.25, -0.2) is 4.99 Å². The van der Waals surface area contributed by atoms with E-state index in [1.165, 1.54) is 6.42 Å². The molecule has 1 aliphatic heterocycles. The molecule has 2 rings (SSSR count). The van der Waals surface area contributed by atoms with Gasteiger partial charge < -0.3 is 29.7 Å². The molecule has 8 heteroatoms. The minimum atomic E-state index is 0. The van der Waals surface area contributed by atoms with Gasteiger partial charge in [-0.2, -0.15) is 0 Å². The van der Waals surface area contributed by atoms with E-state index in [4.69, 9.17) is 14.2 Å². The van der Waals surface area contributed by atoms with Crippen molar-refractivity contribution in [3.8, 4) is 17.2 Å². The zero-order chi connectivity index (χ0) is 20.2. The van der Waals surface area contributed by atoms with Crippen LogP contribution in [-0.4, -0.2) is 63.0 Å². The lowest BCUT2D eigenvalue weighted by Gasteiger charge is -2.21. The maximum atomic E-state index is 5.78. The number of hydrogen-bond donors (Lipinski definition) is 2. The van der Waals surface area contributed by atoms with Crippen LogP contribution in [0.2, 0.25) is 0 Å². The highest BCUT2D eigenvalue weighted by molar-refractivity contribution is 14.0. The molecular formula is C21H37IN4O3. The number of guanidine groups is 1. The van der Waals surface area contributed by atoms with Gasteiger partial charge in [0.25, 0.3) is 0 Å². The van der Waals surface area contributed by atoms with Crippen LogP contribution in [0.1, 0.15) is 40.5 Å². The van der Waals surface area contributed by atoms with Crippen molar-refractivity contribution in [2.75, 3.05) is 46.1 Å². The van der Waals surface area contributed by atoms with Crippen LogP contribution in [0.15, 0.2) is 23.2 Å². The molecule has 7 nitrogen and oxygen atoms in total. The third-order valence-corrected chi connectivity index (χ3v) is 4.71. The molecule has 0 saturated heterocycles. The van der Waals surface area contributed by atoms with Crippen molar-refractivity contribution in [1.29, 1.82) is 0 Å². The fourth-order valence-corrected chi connectivity index (χ4v) is 3.07. The summed E-state index contributed by atoms with van der Waals surface area (Å²) < 4.78 is 16.5. The molecule has 0 saturated carbocycles. The molecule has 1 unspecified atom stereocenters. The molecule has 1 aromatic carbocycles. The van der Waals surface area contributed by atoms with Crippen LogP contribution < -0.4 is 24.8 Å². The average molecular weight is 520 g/mol. The molecule has 0 aliphatic carbocycles. The first-order chi connectivity index (χ1) is 13.7. The zero-order valence-electron chi connectivity index (χ0n) is 18.2. The van der Waals surface area contributed by atoms with Crippen LogP contribution >= 0.6 is 24.0 Å². The predicted molar refractivity (Wildman–Crippen MR) is 129 cm³/mol.